The van der Waals surface area contributed by atoms with Crippen LogP contribution in [-0.2, 0) is 22.7 Å². The van der Waals surface area contributed by atoms with Crippen molar-refractivity contribution < 1.29 is 21.6 Å². The molecule has 4 aromatic rings. The van der Waals surface area contributed by atoms with Gasteiger partial charge < -0.3 is 5.32 Å². The summed E-state index contributed by atoms with van der Waals surface area (Å²) in [7, 11) is -2.04. The SMILES string of the molecule is CNS(=O)(=O)CCNc1ccc(-c2ccc(C(F)(F)F)cc2)cc1-c1ccn(Cc2cccnc2)n1. The van der Waals surface area contributed by atoms with Crippen molar-refractivity contribution >= 4 is 15.7 Å². The molecule has 0 amide bonds. The first-order chi connectivity index (χ1) is 17.1. The van der Waals surface area contributed by atoms with E-state index in [1.807, 2.05) is 30.5 Å². The minimum Gasteiger partial charge on any atom is -0.383 e. The first-order valence-electron chi connectivity index (χ1n) is 11.0. The van der Waals surface area contributed by atoms with Crippen molar-refractivity contribution in [2.24, 2.45) is 0 Å². The molecule has 2 heterocycles. The number of pyridine rings is 1. The zero-order valence-electron chi connectivity index (χ0n) is 19.3. The van der Waals surface area contributed by atoms with Gasteiger partial charge in [0.2, 0.25) is 10.0 Å². The molecule has 0 unspecified atom stereocenters. The number of rotatable bonds is 9. The second kappa shape index (κ2) is 10.5. The summed E-state index contributed by atoms with van der Waals surface area (Å²) in [5.41, 5.74) is 3.55. The Morgan fingerprint density at radius 2 is 1.75 bits per heavy atom. The standard InChI is InChI=1S/C25H24F3N5O2S/c1-29-36(34,35)14-12-31-23-9-6-20(19-4-7-21(8-5-19)25(26,27)28)15-22(23)24-10-13-33(32-24)17-18-3-2-11-30-16-18/h2-11,13,15-16,29,31H,12,14,17H2,1H3. The lowest BCUT2D eigenvalue weighted by Gasteiger charge is -2.14. The predicted molar refractivity (Wildman–Crippen MR) is 133 cm³/mol. The van der Waals surface area contributed by atoms with Crippen LogP contribution in [0.15, 0.2) is 79.3 Å². The molecule has 36 heavy (non-hydrogen) atoms. The summed E-state index contributed by atoms with van der Waals surface area (Å²) < 4.78 is 66.6. The number of nitrogens with one attached hydrogen (secondary N) is 2. The molecule has 2 aromatic carbocycles. The molecule has 0 aliphatic rings. The van der Waals surface area contributed by atoms with Crippen molar-refractivity contribution in [1.82, 2.24) is 19.5 Å². The van der Waals surface area contributed by atoms with Crippen LogP contribution in [0.3, 0.4) is 0 Å². The fraction of sp³-hybridized carbons (Fsp3) is 0.200. The van der Waals surface area contributed by atoms with E-state index in [0.717, 1.165) is 17.7 Å². The fourth-order valence-corrected chi connectivity index (χ4v) is 4.21. The van der Waals surface area contributed by atoms with Crippen molar-refractivity contribution in [2.75, 3.05) is 24.7 Å². The molecule has 0 radical (unpaired) electrons. The molecule has 0 aliphatic heterocycles. The molecule has 0 atom stereocenters. The van der Waals surface area contributed by atoms with Crippen LogP contribution >= 0.6 is 0 Å². The van der Waals surface area contributed by atoms with Gasteiger partial charge in [-0.25, -0.2) is 13.1 Å². The van der Waals surface area contributed by atoms with Gasteiger partial charge in [-0.1, -0.05) is 24.3 Å². The maximum atomic E-state index is 13.0. The van der Waals surface area contributed by atoms with Crippen molar-refractivity contribution in [3.05, 3.63) is 90.4 Å². The molecule has 4 rings (SSSR count). The second-order valence-corrected chi connectivity index (χ2v) is 10.1. The zero-order chi connectivity index (χ0) is 25.8. The van der Waals surface area contributed by atoms with Gasteiger partial charge >= 0.3 is 6.18 Å². The van der Waals surface area contributed by atoms with Crippen molar-refractivity contribution in [3.8, 4) is 22.4 Å². The van der Waals surface area contributed by atoms with E-state index in [1.165, 1.54) is 19.2 Å². The molecule has 0 bridgehead atoms. The van der Waals surface area contributed by atoms with E-state index >= 15 is 0 Å². The Morgan fingerprint density at radius 3 is 2.42 bits per heavy atom. The van der Waals surface area contributed by atoms with Gasteiger partial charge in [-0.15, -0.1) is 0 Å². The minimum absolute atomic E-state index is 0.126. The lowest BCUT2D eigenvalue weighted by molar-refractivity contribution is -0.137. The summed E-state index contributed by atoms with van der Waals surface area (Å²) in [5, 5.41) is 7.80. The molecule has 0 saturated heterocycles. The van der Waals surface area contributed by atoms with Gasteiger partial charge in [-0.3, -0.25) is 9.67 Å². The minimum atomic E-state index is -4.41. The van der Waals surface area contributed by atoms with Crippen LogP contribution in [0.1, 0.15) is 11.1 Å². The molecule has 7 nitrogen and oxygen atoms in total. The Bertz CT molecular complexity index is 1420. The first-order valence-corrected chi connectivity index (χ1v) is 12.7. The van der Waals surface area contributed by atoms with Crippen molar-refractivity contribution in [1.29, 1.82) is 0 Å². The third kappa shape index (κ3) is 6.29. The Balaban J connectivity index is 1.66. The van der Waals surface area contributed by atoms with Gasteiger partial charge in [-0.2, -0.15) is 18.3 Å². The van der Waals surface area contributed by atoms with E-state index < -0.39 is 21.8 Å². The number of aromatic nitrogens is 3. The summed E-state index contributed by atoms with van der Waals surface area (Å²) in [6, 6.07) is 15.9. The summed E-state index contributed by atoms with van der Waals surface area (Å²) in [6.07, 6.45) is 0.855. The van der Waals surface area contributed by atoms with Gasteiger partial charge in [0.05, 0.1) is 23.6 Å². The zero-order valence-corrected chi connectivity index (χ0v) is 20.1. The molecule has 0 aliphatic carbocycles. The smallest absolute Gasteiger partial charge is 0.383 e. The summed E-state index contributed by atoms with van der Waals surface area (Å²) in [6.45, 7) is 0.668. The number of benzene rings is 2. The molecule has 2 N–H and O–H groups in total. The van der Waals surface area contributed by atoms with Crippen LogP contribution in [0.25, 0.3) is 22.4 Å². The molecular weight excluding hydrogens is 491 g/mol. The lowest BCUT2D eigenvalue weighted by atomic mass is 9.99. The van der Waals surface area contributed by atoms with Crippen molar-refractivity contribution in [2.45, 2.75) is 12.7 Å². The van der Waals surface area contributed by atoms with Gasteiger partial charge in [0, 0.05) is 36.4 Å². The van der Waals surface area contributed by atoms with Crippen LogP contribution in [0, 0.1) is 0 Å². The Kier molecular flexibility index (Phi) is 7.41. The van der Waals surface area contributed by atoms with Gasteiger partial charge in [0.25, 0.3) is 0 Å². The van der Waals surface area contributed by atoms with Gasteiger partial charge in [-0.05, 0) is 60.1 Å². The van der Waals surface area contributed by atoms with E-state index in [0.29, 0.717) is 34.6 Å². The van der Waals surface area contributed by atoms with Crippen LogP contribution < -0.4 is 10.0 Å². The Morgan fingerprint density at radius 1 is 1.00 bits per heavy atom. The molecule has 11 heteroatoms. The molecule has 188 valence electrons. The van der Waals surface area contributed by atoms with Crippen LogP contribution in [0.4, 0.5) is 18.9 Å². The highest BCUT2D eigenvalue weighted by Crippen LogP contribution is 2.34. The van der Waals surface area contributed by atoms with Crippen LogP contribution in [0.5, 0.6) is 0 Å². The first kappa shape index (κ1) is 25.4. The average Bonchev–Trinajstić information content (AvgIpc) is 3.32. The van der Waals surface area contributed by atoms with Gasteiger partial charge in [0.15, 0.2) is 0 Å². The Hall–Kier alpha value is -3.70. The monoisotopic (exact) mass is 515 g/mol. The largest absolute Gasteiger partial charge is 0.416 e. The quantitative estimate of drug-likeness (QED) is 0.339. The topological polar surface area (TPSA) is 88.9 Å². The van der Waals surface area contributed by atoms with E-state index in [4.69, 9.17) is 0 Å². The molecule has 0 spiro atoms. The van der Waals surface area contributed by atoms with E-state index in [-0.39, 0.29) is 12.3 Å². The predicted octanol–water partition coefficient (Wildman–Crippen LogP) is 4.64. The average molecular weight is 516 g/mol. The summed E-state index contributed by atoms with van der Waals surface area (Å²) in [5.74, 6) is -0.126. The van der Waals surface area contributed by atoms with E-state index in [1.54, 1.807) is 29.2 Å². The number of halogens is 3. The molecule has 0 fully saturated rings. The van der Waals surface area contributed by atoms with Crippen molar-refractivity contribution in [3.63, 3.8) is 0 Å². The highest BCUT2D eigenvalue weighted by molar-refractivity contribution is 7.89. The number of nitrogens with zero attached hydrogens (tertiary/aromatic N) is 3. The summed E-state index contributed by atoms with van der Waals surface area (Å²) in [4.78, 5) is 4.11. The maximum Gasteiger partial charge on any atom is 0.416 e. The van der Waals surface area contributed by atoms with E-state index in [9.17, 15) is 21.6 Å². The number of sulfonamides is 1. The number of hydrogen-bond acceptors (Lipinski definition) is 5. The highest BCUT2D eigenvalue weighted by Gasteiger charge is 2.30. The molecule has 2 aromatic heterocycles. The van der Waals surface area contributed by atoms with Crippen LogP contribution in [-0.4, -0.2) is 42.5 Å². The number of anilines is 1. The normalized spacial score (nSPS) is 12.0. The Labute approximate surface area is 207 Å². The highest BCUT2D eigenvalue weighted by atomic mass is 32.2. The maximum absolute atomic E-state index is 13.0. The third-order valence-corrected chi connectivity index (χ3v) is 6.91. The second-order valence-electron chi connectivity index (χ2n) is 8.05. The molecule has 0 saturated carbocycles. The molecular formula is C25H24F3N5O2S. The summed E-state index contributed by atoms with van der Waals surface area (Å²) >= 11 is 0. The lowest BCUT2D eigenvalue weighted by Crippen LogP contribution is -2.26. The fourth-order valence-electron chi connectivity index (χ4n) is 3.64. The third-order valence-electron chi connectivity index (χ3n) is 5.55. The van der Waals surface area contributed by atoms with Gasteiger partial charge in [0.1, 0.15) is 0 Å². The number of alkyl halides is 3. The number of hydrogen-bond donors (Lipinski definition) is 2. The van der Waals surface area contributed by atoms with Crippen LogP contribution in [0.2, 0.25) is 0 Å². The van der Waals surface area contributed by atoms with E-state index in [2.05, 4.69) is 20.1 Å².